The lowest BCUT2D eigenvalue weighted by molar-refractivity contribution is 0.0692. The Labute approximate surface area is 125 Å². The van der Waals surface area contributed by atoms with Crippen LogP contribution in [0.5, 0.6) is 5.75 Å². The Hall–Kier alpha value is -2.47. The molecule has 21 heavy (non-hydrogen) atoms. The van der Waals surface area contributed by atoms with Gasteiger partial charge in [-0.1, -0.05) is 11.6 Å². The largest absolute Gasteiger partial charge is 0.495 e. The first-order valence-corrected chi connectivity index (χ1v) is 6.23. The molecule has 0 spiro atoms. The predicted octanol–water partition coefficient (Wildman–Crippen LogP) is 3.51. The Morgan fingerprint density at radius 1 is 1.33 bits per heavy atom. The molecule has 0 aliphatic heterocycles. The SMILES string of the molecule is COc1ccc(Cl)cc1Nc1cc(F)c(C(=O)O)cc1N. The van der Waals surface area contributed by atoms with Crippen molar-refractivity contribution in [1.29, 1.82) is 0 Å². The monoisotopic (exact) mass is 310 g/mol. The standard InChI is InChI=1S/C14H12ClFN2O3/c1-21-13-3-2-7(15)4-12(13)18-11-6-9(16)8(14(19)20)5-10(11)17/h2-6,18H,17H2,1H3,(H,19,20). The minimum absolute atomic E-state index is 0.0934. The topological polar surface area (TPSA) is 84.6 Å². The molecule has 2 rings (SSSR count). The first-order valence-electron chi connectivity index (χ1n) is 5.85. The lowest BCUT2D eigenvalue weighted by Gasteiger charge is -2.14. The number of nitrogens with two attached hydrogens (primary N) is 1. The molecule has 0 atom stereocenters. The molecule has 0 aliphatic rings. The second-order valence-corrected chi connectivity index (χ2v) is 4.63. The lowest BCUT2D eigenvalue weighted by Crippen LogP contribution is -2.05. The van der Waals surface area contributed by atoms with Gasteiger partial charge in [-0.15, -0.1) is 0 Å². The van der Waals surface area contributed by atoms with Crippen LogP contribution in [-0.2, 0) is 0 Å². The maximum atomic E-state index is 13.7. The number of nitrogen functional groups attached to an aromatic ring is 1. The molecule has 0 heterocycles. The number of rotatable bonds is 4. The van der Waals surface area contributed by atoms with E-state index in [1.165, 1.54) is 7.11 Å². The summed E-state index contributed by atoms with van der Waals surface area (Å²) in [5, 5.41) is 12.2. The molecule has 0 unspecified atom stereocenters. The number of ether oxygens (including phenoxy) is 1. The molecule has 2 aromatic rings. The number of carboxylic acids is 1. The highest BCUT2D eigenvalue weighted by atomic mass is 35.5. The molecule has 2 aromatic carbocycles. The zero-order valence-corrected chi connectivity index (χ0v) is 11.7. The van der Waals surface area contributed by atoms with Crippen molar-refractivity contribution in [3.63, 3.8) is 0 Å². The van der Waals surface area contributed by atoms with Crippen LogP contribution in [-0.4, -0.2) is 18.2 Å². The van der Waals surface area contributed by atoms with Gasteiger partial charge >= 0.3 is 5.97 Å². The van der Waals surface area contributed by atoms with E-state index in [0.29, 0.717) is 16.5 Å². The molecule has 7 heteroatoms. The van der Waals surface area contributed by atoms with Crippen LogP contribution in [0.1, 0.15) is 10.4 Å². The first-order chi connectivity index (χ1) is 9.92. The zero-order chi connectivity index (χ0) is 15.6. The van der Waals surface area contributed by atoms with E-state index in [0.717, 1.165) is 12.1 Å². The van der Waals surface area contributed by atoms with Gasteiger partial charge in [0.15, 0.2) is 0 Å². The molecule has 0 aliphatic carbocycles. The van der Waals surface area contributed by atoms with E-state index >= 15 is 0 Å². The van der Waals surface area contributed by atoms with Gasteiger partial charge in [0.2, 0.25) is 0 Å². The first kappa shape index (κ1) is 14.9. The van der Waals surface area contributed by atoms with Gasteiger partial charge in [0.25, 0.3) is 0 Å². The number of hydrogen-bond acceptors (Lipinski definition) is 4. The summed E-state index contributed by atoms with van der Waals surface area (Å²) in [6.07, 6.45) is 0. The number of halogens is 2. The van der Waals surface area contributed by atoms with Gasteiger partial charge in [0.1, 0.15) is 11.6 Å². The van der Waals surface area contributed by atoms with E-state index in [1.54, 1.807) is 18.2 Å². The minimum Gasteiger partial charge on any atom is -0.495 e. The Morgan fingerprint density at radius 2 is 2.05 bits per heavy atom. The average Bonchev–Trinajstić information content (AvgIpc) is 2.42. The van der Waals surface area contributed by atoms with Crippen molar-refractivity contribution in [3.8, 4) is 5.75 Å². The lowest BCUT2D eigenvalue weighted by atomic mass is 10.1. The molecule has 0 bridgehead atoms. The van der Waals surface area contributed by atoms with Gasteiger partial charge in [0, 0.05) is 11.1 Å². The normalized spacial score (nSPS) is 10.2. The molecule has 0 amide bonds. The van der Waals surface area contributed by atoms with Crippen molar-refractivity contribution in [3.05, 3.63) is 46.7 Å². The van der Waals surface area contributed by atoms with Gasteiger partial charge in [-0.3, -0.25) is 0 Å². The molecule has 0 radical (unpaired) electrons. The number of methoxy groups -OCH3 is 1. The van der Waals surface area contributed by atoms with Crippen molar-refractivity contribution in [1.82, 2.24) is 0 Å². The fourth-order valence-electron chi connectivity index (χ4n) is 1.79. The second kappa shape index (κ2) is 5.88. The molecular weight excluding hydrogens is 299 g/mol. The molecule has 0 fully saturated rings. The number of anilines is 3. The molecule has 5 nitrogen and oxygen atoms in total. The molecule has 0 saturated heterocycles. The van der Waals surface area contributed by atoms with Crippen LogP contribution in [0.15, 0.2) is 30.3 Å². The van der Waals surface area contributed by atoms with Crippen LogP contribution in [0, 0.1) is 5.82 Å². The highest BCUT2D eigenvalue weighted by Gasteiger charge is 2.15. The van der Waals surface area contributed by atoms with Crippen LogP contribution in [0.4, 0.5) is 21.5 Å². The van der Waals surface area contributed by atoms with Gasteiger partial charge in [-0.25, -0.2) is 9.18 Å². The molecule has 4 N–H and O–H groups in total. The number of nitrogens with one attached hydrogen (secondary N) is 1. The van der Waals surface area contributed by atoms with Gasteiger partial charge in [-0.2, -0.15) is 0 Å². The van der Waals surface area contributed by atoms with E-state index in [-0.39, 0.29) is 11.4 Å². The number of carbonyl (C=O) groups is 1. The molecular formula is C14H12ClFN2O3. The molecule has 0 aromatic heterocycles. The Bertz CT molecular complexity index is 707. The van der Waals surface area contributed by atoms with Gasteiger partial charge in [-0.05, 0) is 24.3 Å². The quantitative estimate of drug-likeness (QED) is 0.752. The predicted molar refractivity (Wildman–Crippen MR) is 79.1 cm³/mol. The third kappa shape index (κ3) is 3.17. The van der Waals surface area contributed by atoms with Crippen LogP contribution < -0.4 is 15.8 Å². The summed E-state index contributed by atoms with van der Waals surface area (Å²) in [4.78, 5) is 10.8. The van der Waals surface area contributed by atoms with Gasteiger partial charge < -0.3 is 20.9 Å². The summed E-state index contributed by atoms with van der Waals surface area (Å²) in [6.45, 7) is 0. The van der Waals surface area contributed by atoms with Crippen molar-refractivity contribution in [2.24, 2.45) is 0 Å². The minimum atomic E-state index is -1.38. The summed E-state index contributed by atoms with van der Waals surface area (Å²) < 4.78 is 18.9. The number of carboxylic acid groups (broad SMARTS) is 1. The Balaban J connectivity index is 2.43. The molecule has 0 saturated carbocycles. The number of benzene rings is 2. The summed E-state index contributed by atoms with van der Waals surface area (Å²) >= 11 is 5.90. The maximum Gasteiger partial charge on any atom is 0.338 e. The van der Waals surface area contributed by atoms with Crippen molar-refractivity contribution in [2.45, 2.75) is 0 Å². The van der Waals surface area contributed by atoms with Crippen molar-refractivity contribution >= 4 is 34.6 Å². The summed E-state index contributed by atoms with van der Waals surface area (Å²) in [7, 11) is 1.48. The van der Waals surface area contributed by atoms with E-state index in [4.69, 9.17) is 27.2 Å². The Morgan fingerprint density at radius 3 is 2.67 bits per heavy atom. The van der Waals surface area contributed by atoms with E-state index < -0.39 is 17.3 Å². The number of aromatic carboxylic acids is 1. The van der Waals surface area contributed by atoms with Crippen molar-refractivity contribution in [2.75, 3.05) is 18.2 Å². The van der Waals surface area contributed by atoms with Gasteiger partial charge in [0.05, 0.1) is 29.7 Å². The van der Waals surface area contributed by atoms with Crippen LogP contribution in [0.3, 0.4) is 0 Å². The molecule has 110 valence electrons. The van der Waals surface area contributed by atoms with Crippen LogP contribution in [0.2, 0.25) is 5.02 Å². The second-order valence-electron chi connectivity index (χ2n) is 4.19. The van der Waals surface area contributed by atoms with Crippen molar-refractivity contribution < 1.29 is 19.0 Å². The van der Waals surface area contributed by atoms with Crippen LogP contribution >= 0.6 is 11.6 Å². The third-order valence-electron chi connectivity index (χ3n) is 2.80. The zero-order valence-electron chi connectivity index (χ0n) is 11.0. The maximum absolute atomic E-state index is 13.7. The summed E-state index contributed by atoms with van der Waals surface area (Å²) in [5.74, 6) is -1.78. The highest BCUT2D eigenvalue weighted by molar-refractivity contribution is 6.31. The third-order valence-corrected chi connectivity index (χ3v) is 3.04. The van der Waals surface area contributed by atoms with E-state index in [9.17, 15) is 9.18 Å². The van der Waals surface area contributed by atoms with E-state index in [2.05, 4.69) is 5.32 Å². The van der Waals surface area contributed by atoms with Crippen LogP contribution in [0.25, 0.3) is 0 Å². The smallest absolute Gasteiger partial charge is 0.338 e. The number of hydrogen-bond donors (Lipinski definition) is 3. The van der Waals surface area contributed by atoms with E-state index in [1.807, 2.05) is 0 Å². The highest BCUT2D eigenvalue weighted by Crippen LogP contribution is 2.33. The summed E-state index contributed by atoms with van der Waals surface area (Å²) in [6, 6.07) is 6.94. The fraction of sp³-hybridized carbons (Fsp3) is 0.0714. The fourth-order valence-corrected chi connectivity index (χ4v) is 1.96. The Kier molecular flexibility index (Phi) is 4.18. The summed E-state index contributed by atoms with van der Waals surface area (Å²) in [5.41, 5.74) is 6.05. The average molecular weight is 311 g/mol.